The van der Waals surface area contributed by atoms with E-state index in [-0.39, 0.29) is 6.04 Å². The maximum atomic E-state index is 5.70. The molecule has 1 aromatic rings. The molecule has 0 radical (unpaired) electrons. The van der Waals surface area contributed by atoms with Crippen LogP contribution in [0.25, 0.3) is 0 Å². The monoisotopic (exact) mass is 255 g/mol. The first-order valence-corrected chi connectivity index (χ1v) is 7.09. The molecule has 1 fully saturated rings. The number of thioether (sulfide) groups is 1. The van der Waals surface area contributed by atoms with Crippen LogP contribution in [0.2, 0.25) is 0 Å². The van der Waals surface area contributed by atoms with Crippen LogP contribution < -0.4 is 11.3 Å². The van der Waals surface area contributed by atoms with Crippen LogP contribution in [0.5, 0.6) is 0 Å². The molecular formula is C11H21N5S. The average molecular weight is 255 g/mol. The highest BCUT2D eigenvalue weighted by atomic mass is 32.2. The van der Waals surface area contributed by atoms with Crippen molar-refractivity contribution in [3.05, 3.63) is 18.0 Å². The summed E-state index contributed by atoms with van der Waals surface area (Å²) in [6, 6.07) is 2.81. The Morgan fingerprint density at radius 1 is 1.65 bits per heavy atom. The molecule has 1 saturated heterocycles. The van der Waals surface area contributed by atoms with Crippen molar-refractivity contribution in [3.8, 4) is 0 Å². The van der Waals surface area contributed by atoms with Gasteiger partial charge in [-0.25, -0.2) is 0 Å². The molecule has 0 aromatic carbocycles. The summed E-state index contributed by atoms with van der Waals surface area (Å²) in [5, 5.41) is 4.41. The Morgan fingerprint density at radius 3 is 3.06 bits per heavy atom. The number of hydrazine groups is 1. The number of hydrogen-bond donors (Lipinski definition) is 2. The molecule has 2 rings (SSSR count). The Bertz CT molecular complexity index is 353. The van der Waals surface area contributed by atoms with Crippen LogP contribution in [0.15, 0.2) is 12.3 Å². The number of nitrogens with two attached hydrogens (primary N) is 1. The maximum Gasteiger partial charge on any atom is 0.0641 e. The average Bonchev–Trinajstić information content (AvgIpc) is 2.73. The number of aromatic nitrogens is 2. The van der Waals surface area contributed by atoms with Gasteiger partial charge in [0.05, 0.1) is 5.69 Å². The van der Waals surface area contributed by atoms with E-state index in [0.29, 0.717) is 6.04 Å². The van der Waals surface area contributed by atoms with Crippen LogP contribution in [-0.4, -0.2) is 51.9 Å². The van der Waals surface area contributed by atoms with Crippen LogP contribution in [-0.2, 0) is 13.5 Å². The van der Waals surface area contributed by atoms with Gasteiger partial charge in [0.25, 0.3) is 0 Å². The minimum atomic E-state index is 0.266. The van der Waals surface area contributed by atoms with Gasteiger partial charge in [0.1, 0.15) is 0 Å². The maximum absolute atomic E-state index is 5.70. The van der Waals surface area contributed by atoms with Gasteiger partial charge in [-0.3, -0.25) is 16.0 Å². The molecule has 0 amide bonds. The SMILES string of the molecule is CN1CCSCC1C(Cc1ccn(C)n1)NN. The van der Waals surface area contributed by atoms with E-state index in [1.54, 1.807) is 0 Å². The van der Waals surface area contributed by atoms with Crippen molar-refractivity contribution >= 4 is 11.8 Å². The summed E-state index contributed by atoms with van der Waals surface area (Å²) in [6.07, 6.45) is 2.86. The summed E-state index contributed by atoms with van der Waals surface area (Å²) in [7, 11) is 4.12. The van der Waals surface area contributed by atoms with E-state index < -0.39 is 0 Å². The fourth-order valence-corrected chi connectivity index (χ4v) is 3.54. The molecule has 6 heteroatoms. The molecule has 1 aliphatic heterocycles. The van der Waals surface area contributed by atoms with Gasteiger partial charge < -0.3 is 4.90 Å². The lowest BCUT2D eigenvalue weighted by Gasteiger charge is -2.37. The molecule has 5 nitrogen and oxygen atoms in total. The largest absolute Gasteiger partial charge is 0.300 e. The van der Waals surface area contributed by atoms with Crippen molar-refractivity contribution < 1.29 is 0 Å². The molecule has 0 bridgehead atoms. The summed E-state index contributed by atoms with van der Waals surface area (Å²) in [5.74, 6) is 8.05. The number of nitrogens with one attached hydrogen (secondary N) is 1. The zero-order valence-corrected chi connectivity index (χ0v) is 11.3. The van der Waals surface area contributed by atoms with Crippen molar-refractivity contribution in [2.75, 3.05) is 25.1 Å². The number of nitrogens with zero attached hydrogens (tertiary/aromatic N) is 3. The number of hydrogen-bond acceptors (Lipinski definition) is 5. The second kappa shape index (κ2) is 5.86. The molecule has 17 heavy (non-hydrogen) atoms. The highest BCUT2D eigenvalue weighted by molar-refractivity contribution is 7.99. The molecule has 2 unspecified atom stereocenters. The van der Waals surface area contributed by atoms with Crippen molar-refractivity contribution in [1.29, 1.82) is 0 Å². The normalized spacial score (nSPS) is 23.8. The van der Waals surface area contributed by atoms with Crippen molar-refractivity contribution in [2.45, 2.75) is 18.5 Å². The lowest BCUT2D eigenvalue weighted by atomic mass is 10.0. The summed E-state index contributed by atoms with van der Waals surface area (Å²) in [5.41, 5.74) is 4.05. The Balaban J connectivity index is 2.00. The summed E-state index contributed by atoms with van der Waals surface area (Å²) in [4.78, 5) is 2.39. The second-order valence-electron chi connectivity index (χ2n) is 4.58. The molecule has 1 aromatic heterocycles. The highest BCUT2D eigenvalue weighted by Crippen LogP contribution is 2.18. The van der Waals surface area contributed by atoms with Gasteiger partial charge in [0, 0.05) is 49.8 Å². The van der Waals surface area contributed by atoms with Gasteiger partial charge in [0.15, 0.2) is 0 Å². The zero-order valence-electron chi connectivity index (χ0n) is 10.5. The van der Waals surface area contributed by atoms with E-state index in [4.69, 9.17) is 5.84 Å². The predicted octanol–water partition coefficient (Wildman–Crippen LogP) is -0.158. The first kappa shape index (κ1) is 12.9. The third-order valence-electron chi connectivity index (χ3n) is 3.32. The van der Waals surface area contributed by atoms with E-state index in [1.807, 2.05) is 29.7 Å². The Hall–Kier alpha value is -0.560. The standard InChI is InChI=1S/C11H21N5S/c1-15-5-6-17-8-11(15)10(13-12)7-9-3-4-16(2)14-9/h3-4,10-11,13H,5-8,12H2,1-2H3. The molecule has 3 N–H and O–H groups in total. The smallest absolute Gasteiger partial charge is 0.0641 e. The lowest BCUT2D eigenvalue weighted by molar-refractivity contribution is 0.213. The predicted molar refractivity (Wildman–Crippen MR) is 71.8 cm³/mol. The fraction of sp³-hybridized carbons (Fsp3) is 0.727. The van der Waals surface area contributed by atoms with E-state index in [9.17, 15) is 0 Å². The zero-order chi connectivity index (χ0) is 12.3. The third-order valence-corrected chi connectivity index (χ3v) is 4.37. The first-order chi connectivity index (χ1) is 8.20. The number of likely N-dealkylation sites (N-methyl/N-ethyl adjacent to an activating group) is 1. The van der Waals surface area contributed by atoms with Gasteiger partial charge >= 0.3 is 0 Å². The minimum absolute atomic E-state index is 0.266. The van der Waals surface area contributed by atoms with E-state index in [1.165, 1.54) is 5.75 Å². The highest BCUT2D eigenvalue weighted by Gasteiger charge is 2.27. The van der Waals surface area contributed by atoms with Crippen molar-refractivity contribution in [1.82, 2.24) is 20.1 Å². The minimum Gasteiger partial charge on any atom is -0.300 e. The molecule has 96 valence electrons. The fourth-order valence-electron chi connectivity index (χ4n) is 2.23. The van der Waals surface area contributed by atoms with E-state index in [0.717, 1.165) is 24.4 Å². The van der Waals surface area contributed by atoms with Crippen LogP contribution in [0.1, 0.15) is 5.69 Å². The summed E-state index contributed by atoms with van der Waals surface area (Å²) < 4.78 is 1.84. The van der Waals surface area contributed by atoms with Gasteiger partial charge in [-0.05, 0) is 13.1 Å². The Morgan fingerprint density at radius 2 is 2.47 bits per heavy atom. The van der Waals surface area contributed by atoms with Crippen molar-refractivity contribution in [2.24, 2.45) is 12.9 Å². The van der Waals surface area contributed by atoms with Crippen LogP contribution in [0.3, 0.4) is 0 Å². The lowest BCUT2D eigenvalue weighted by Crippen LogP contribution is -2.55. The van der Waals surface area contributed by atoms with E-state index >= 15 is 0 Å². The molecule has 0 aliphatic carbocycles. The number of rotatable bonds is 4. The van der Waals surface area contributed by atoms with Crippen molar-refractivity contribution in [3.63, 3.8) is 0 Å². The molecular weight excluding hydrogens is 234 g/mol. The third kappa shape index (κ3) is 3.22. The molecule has 2 atom stereocenters. The molecule has 2 heterocycles. The molecule has 0 saturated carbocycles. The Labute approximate surface area is 107 Å². The van der Waals surface area contributed by atoms with Gasteiger partial charge in [-0.2, -0.15) is 16.9 Å². The summed E-state index contributed by atoms with van der Waals surface area (Å²) >= 11 is 2.00. The van der Waals surface area contributed by atoms with Gasteiger partial charge in [0.2, 0.25) is 0 Å². The molecule has 0 spiro atoms. The van der Waals surface area contributed by atoms with Crippen LogP contribution in [0, 0.1) is 0 Å². The molecule has 1 aliphatic rings. The van der Waals surface area contributed by atoms with Crippen LogP contribution in [0.4, 0.5) is 0 Å². The second-order valence-corrected chi connectivity index (χ2v) is 5.73. The summed E-state index contributed by atoms with van der Waals surface area (Å²) in [6.45, 7) is 1.13. The quantitative estimate of drug-likeness (QED) is 0.578. The number of aryl methyl sites for hydroxylation is 1. The topological polar surface area (TPSA) is 59.1 Å². The first-order valence-electron chi connectivity index (χ1n) is 5.93. The Kier molecular flexibility index (Phi) is 4.44. The van der Waals surface area contributed by atoms with Crippen LogP contribution >= 0.6 is 11.8 Å². The van der Waals surface area contributed by atoms with E-state index in [2.05, 4.69) is 28.5 Å². The van der Waals surface area contributed by atoms with Gasteiger partial charge in [-0.1, -0.05) is 0 Å². The van der Waals surface area contributed by atoms with Gasteiger partial charge in [-0.15, -0.1) is 0 Å².